The maximum Gasteiger partial charge on any atom is 0.303 e. The first-order chi connectivity index (χ1) is 8.72. The highest BCUT2D eigenvalue weighted by molar-refractivity contribution is 7.10. The summed E-state index contributed by atoms with van der Waals surface area (Å²) < 4.78 is 5.34. The number of rotatable bonds is 4. The van der Waals surface area contributed by atoms with Gasteiger partial charge in [-0.1, -0.05) is 30.3 Å². The summed E-state index contributed by atoms with van der Waals surface area (Å²) in [4.78, 5) is 22.9. The summed E-state index contributed by atoms with van der Waals surface area (Å²) in [6.45, 7) is 1.37. The van der Waals surface area contributed by atoms with Crippen LogP contribution in [0.4, 0.5) is 0 Å². The zero-order valence-corrected chi connectivity index (χ0v) is 10.6. The van der Waals surface area contributed by atoms with E-state index in [-0.39, 0.29) is 5.97 Å². The fraction of sp³-hybridized carbons (Fsp3) is 0.143. The summed E-state index contributed by atoms with van der Waals surface area (Å²) in [7, 11) is 0. The first-order valence-electron chi connectivity index (χ1n) is 5.47. The van der Waals surface area contributed by atoms with Crippen LogP contribution in [0.25, 0.3) is 0 Å². The quantitative estimate of drug-likeness (QED) is 0.626. The van der Waals surface area contributed by atoms with Crippen molar-refractivity contribution in [2.75, 3.05) is 0 Å². The second kappa shape index (κ2) is 5.60. The van der Waals surface area contributed by atoms with Crippen LogP contribution in [0, 0.1) is 0 Å². The normalized spacial score (nSPS) is 11.8. The Morgan fingerprint density at radius 3 is 2.61 bits per heavy atom. The Balaban J connectivity index is 2.43. The van der Waals surface area contributed by atoms with Gasteiger partial charge in [-0.15, -0.1) is 11.3 Å². The van der Waals surface area contributed by atoms with E-state index < -0.39 is 6.10 Å². The predicted molar refractivity (Wildman–Crippen MR) is 69.8 cm³/mol. The van der Waals surface area contributed by atoms with Crippen molar-refractivity contribution in [3.63, 3.8) is 0 Å². The van der Waals surface area contributed by atoms with Gasteiger partial charge in [-0.05, 0) is 17.0 Å². The minimum atomic E-state index is -0.510. The van der Waals surface area contributed by atoms with Crippen molar-refractivity contribution >= 4 is 23.6 Å². The van der Waals surface area contributed by atoms with E-state index in [1.807, 2.05) is 35.7 Å². The van der Waals surface area contributed by atoms with Crippen LogP contribution < -0.4 is 0 Å². The first-order valence-corrected chi connectivity index (χ1v) is 6.35. The van der Waals surface area contributed by atoms with Crippen molar-refractivity contribution in [3.05, 3.63) is 57.8 Å². The standard InChI is InChI=1S/C14H12O3S/c1-10(16)17-13(11-5-3-2-4-6-11)14-12(9-15)7-8-18-14/h2-9,13H,1H3. The molecule has 0 bridgehead atoms. The maximum absolute atomic E-state index is 11.2. The number of thiophene rings is 1. The average Bonchev–Trinajstić information content (AvgIpc) is 2.85. The number of ether oxygens (including phenoxy) is 1. The van der Waals surface area contributed by atoms with Gasteiger partial charge in [-0.25, -0.2) is 0 Å². The van der Waals surface area contributed by atoms with E-state index in [0.29, 0.717) is 5.56 Å². The summed E-state index contributed by atoms with van der Waals surface area (Å²) in [6.07, 6.45) is 0.273. The molecule has 0 radical (unpaired) electrons. The number of hydrogen-bond acceptors (Lipinski definition) is 4. The molecule has 1 aromatic heterocycles. The molecule has 0 aliphatic rings. The maximum atomic E-state index is 11.2. The molecule has 1 aromatic carbocycles. The Morgan fingerprint density at radius 1 is 1.28 bits per heavy atom. The van der Waals surface area contributed by atoms with Gasteiger partial charge >= 0.3 is 5.97 Å². The molecular formula is C14H12O3S. The highest BCUT2D eigenvalue weighted by atomic mass is 32.1. The van der Waals surface area contributed by atoms with E-state index in [0.717, 1.165) is 16.7 Å². The molecule has 0 fully saturated rings. The highest BCUT2D eigenvalue weighted by Crippen LogP contribution is 2.32. The molecule has 92 valence electrons. The fourth-order valence-electron chi connectivity index (χ4n) is 1.71. The first kappa shape index (κ1) is 12.5. The minimum absolute atomic E-state index is 0.367. The molecule has 18 heavy (non-hydrogen) atoms. The third-order valence-electron chi connectivity index (χ3n) is 2.48. The van der Waals surface area contributed by atoms with Gasteiger partial charge in [-0.3, -0.25) is 9.59 Å². The van der Waals surface area contributed by atoms with E-state index >= 15 is 0 Å². The van der Waals surface area contributed by atoms with Crippen molar-refractivity contribution in [2.45, 2.75) is 13.0 Å². The highest BCUT2D eigenvalue weighted by Gasteiger charge is 2.21. The number of carbonyl (C=O) groups is 2. The Bertz CT molecular complexity index is 545. The molecule has 0 spiro atoms. The van der Waals surface area contributed by atoms with Crippen LogP contribution in [0.15, 0.2) is 41.8 Å². The molecule has 0 saturated carbocycles. The van der Waals surface area contributed by atoms with Crippen LogP contribution in [0.1, 0.15) is 33.8 Å². The van der Waals surface area contributed by atoms with Crippen molar-refractivity contribution in [3.8, 4) is 0 Å². The number of benzene rings is 1. The van der Waals surface area contributed by atoms with Crippen molar-refractivity contribution in [1.82, 2.24) is 0 Å². The summed E-state index contributed by atoms with van der Waals surface area (Å²) in [5.74, 6) is -0.367. The average molecular weight is 260 g/mol. The predicted octanol–water partition coefficient (Wildman–Crippen LogP) is 3.21. The molecule has 2 rings (SSSR count). The molecule has 1 heterocycles. The smallest absolute Gasteiger partial charge is 0.303 e. The summed E-state index contributed by atoms with van der Waals surface area (Å²) in [6, 6.07) is 11.1. The topological polar surface area (TPSA) is 43.4 Å². The van der Waals surface area contributed by atoms with Gasteiger partial charge in [0.1, 0.15) is 0 Å². The zero-order chi connectivity index (χ0) is 13.0. The minimum Gasteiger partial charge on any atom is -0.452 e. The summed E-state index contributed by atoms with van der Waals surface area (Å²) in [5.41, 5.74) is 1.42. The molecule has 0 saturated heterocycles. The Kier molecular flexibility index (Phi) is 3.89. The molecule has 3 nitrogen and oxygen atoms in total. The van der Waals surface area contributed by atoms with Gasteiger partial charge in [0.05, 0.1) is 4.88 Å². The van der Waals surface area contributed by atoms with E-state index in [1.54, 1.807) is 6.07 Å². The second-order valence-electron chi connectivity index (χ2n) is 3.76. The van der Waals surface area contributed by atoms with Crippen LogP contribution in [0.3, 0.4) is 0 Å². The Hall–Kier alpha value is -1.94. The van der Waals surface area contributed by atoms with E-state index in [4.69, 9.17) is 4.74 Å². The third kappa shape index (κ3) is 2.65. The molecule has 1 atom stereocenters. The lowest BCUT2D eigenvalue weighted by Crippen LogP contribution is -2.10. The molecule has 0 amide bonds. The van der Waals surface area contributed by atoms with Gasteiger partial charge in [0.15, 0.2) is 12.4 Å². The van der Waals surface area contributed by atoms with Crippen molar-refractivity contribution in [1.29, 1.82) is 0 Å². The molecule has 0 aliphatic heterocycles. The second-order valence-corrected chi connectivity index (χ2v) is 4.71. The lowest BCUT2D eigenvalue weighted by molar-refractivity contribution is -0.144. The summed E-state index contributed by atoms with van der Waals surface area (Å²) in [5, 5.41) is 1.82. The monoisotopic (exact) mass is 260 g/mol. The van der Waals surface area contributed by atoms with E-state index in [1.165, 1.54) is 18.3 Å². The molecule has 4 heteroatoms. The fourth-order valence-corrected chi connectivity index (χ4v) is 2.63. The zero-order valence-electron chi connectivity index (χ0n) is 9.83. The Labute approximate surface area is 109 Å². The third-order valence-corrected chi connectivity index (χ3v) is 3.45. The molecule has 1 unspecified atom stereocenters. The summed E-state index contributed by atoms with van der Waals surface area (Å²) >= 11 is 1.41. The van der Waals surface area contributed by atoms with Gasteiger partial charge in [0, 0.05) is 12.5 Å². The van der Waals surface area contributed by atoms with E-state index in [2.05, 4.69) is 0 Å². The number of hydrogen-bond donors (Lipinski definition) is 0. The number of carbonyl (C=O) groups excluding carboxylic acids is 2. The van der Waals surface area contributed by atoms with E-state index in [9.17, 15) is 9.59 Å². The largest absolute Gasteiger partial charge is 0.452 e. The van der Waals surface area contributed by atoms with Crippen LogP contribution in [-0.4, -0.2) is 12.3 Å². The molecule has 0 aliphatic carbocycles. The number of aldehydes is 1. The van der Waals surface area contributed by atoms with Crippen molar-refractivity contribution in [2.24, 2.45) is 0 Å². The van der Waals surface area contributed by atoms with Crippen LogP contribution in [-0.2, 0) is 9.53 Å². The lowest BCUT2D eigenvalue weighted by atomic mass is 10.1. The van der Waals surface area contributed by atoms with Crippen molar-refractivity contribution < 1.29 is 14.3 Å². The molecule has 0 N–H and O–H groups in total. The van der Waals surface area contributed by atoms with Crippen LogP contribution >= 0.6 is 11.3 Å². The SMILES string of the molecule is CC(=O)OC(c1ccccc1)c1sccc1C=O. The molecular weight excluding hydrogens is 248 g/mol. The van der Waals surface area contributed by atoms with Gasteiger partial charge in [0.25, 0.3) is 0 Å². The van der Waals surface area contributed by atoms with Crippen LogP contribution in [0.5, 0.6) is 0 Å². The van der Waals surface area contributed by atoms with Crippen LogP contribution in [0.2, 0.25) is 0 Å². The number of esters is 1. The van der Waals surface area contributed by atoms with Gasteiger partial charge < -0.3 is 4.74 Å². The lowest BCUT2D eigenvalue weighted by Gasteiger charge is -2.16. The Morgan fingerprint density at radius 2 is 2.00 bits per heavy atom. The molecule has 2 aromatic rings. The van der Waals surface area contributed by atoms with Gasteiger partial charge in [-0.2, -0.15) is 0 Å². The van der Waals surface area contributed by atoms with Gasteiger partial charge in [0.2, 0.25) is 0 Å².